The standard InChI is InChI=1S/C5H10N2/c1-3-4-5-7-6-2/h3-4,7H,2,5H2,1H3/b4-3-. The van der Waals surface area contributed by atoms with E-state index in [4.69, 9.17) is 0 Å². The summed E-state index contributed by atoms with van der Waals surface area (Å²) in [6.45, 7) is 5.98. The van der Waals surface area contributed by atoms with E-state index in [0.717, 1.165) is 6.54 Å². The Balaban J connectivity index is 2.82. The van der Waals surface area contributed by atoms with Gasteiger partial charge in [-0.25, -0.2) is 0 Å². The van der Waals surface area contributed by atoms with Crippen molar-refractivity contribution in [3.63, 3.8) is 0 Å². The molecule has 0 aliphatic rings. The summed E-state index contributed by atoms with van der Waals surface area (Å²) in [4.78, 5) is 0. The summed E-state index contributed by atoms with van der Waals surface area (Å²) in [5.74, 6) is 0. The van der Waals surface area contributed by atoms with Crippen LogP contribution >= 0.6 is 0 Å². The molecule has 0 heterocycles. The highest BCUT2D eigenvalue weighted by atomic mass is 15.3. The first kappa shape index (κ1) is 6.21. The number of rotatable bonds is 3. The van der Waals surface area contributed by atoms with Crippen molar-refractivity contribution in [1.29, 1.82) is 0 Å². The third-order valence-electron chi connectivity index (χ3n) is 0.557. The lowest BCUT2D eigenvalue weighted by Gasteiger charge is -1.86. The van der Waals surface area contributed by atoms with Crippen molar-refractivity contribution in [2.45, 2.75) is 6.92 Å². The number of allylic oxidation sites excluding steroid dienone is 1. The first-order valence-corrected chi connectivity index (χ1v) is 2.21. The summed E-state index contributed by atoms with van der Waals surface area (Å²) >= 11 is 0. The topological polar surface area (TPSA) is 24.4 Å². The third-order valence-corrected chi connectivity index (χ3v) is 0.557. The van der Waals surface area contributed by atoms with Crippen molar-refractivity contribution in [2.75, 3.05) is 6.54 Å². The highest BCUT2D eigenvalue weighted by molar-refractivity contribution is 5.22. The highest BCUT2D eigenvalue weighted by Gasteiger charge is 1.63. The molecule has 0 aliphatic heterocycles. The van der Waals surface area contributed by atoms with Crippen LogP contribution < -0.4 is 5.43 Å². The van der Waals surface area contributed by atoms with E-state index in [1.165, 1.54) is 0 Å². The van der Waals surface area contributed by atoms with Crippen LogP contribution in [0.4, 0.5) is 0 Å². The number of hydrogen-bond donors (Lipinski definition) is 1. The van der Waals surface area contributed by atoms with Crippen molar-refractivity contribution in [2.24, 2.45) is 5.10 Å². The molecule has 2 heteroatoms. The zero-order valence-corrected chi connectivity index (χ0v) is 4.52. The van der Waals surface area contributed by atoms with Gasteiger partial charge in [0, 0.05) is 6.72 Å². The number of hydrazone groups is 1. The lowest BCUT2D eigenvalue weighted by Crippen LogP contribution is -2.01. The molecule has 2 nitrogen and oxygen atoms in total. The summed E-state index contributed by atoms with van der Waals surface area (Å²) in [5, 5.41) is 3.42. The molecule has 0 radical (unpaired) electrons. The van der Waals surface area contributed by atoms with Gasteiger partial charge in [-0.1, -0.05) is 12.2 Å². The van der Waals surface area contributed by atoms with Gasteiger partial charge in [-0.15, -0.1) is 0 Å². The molecule has 0 aromatic heterocycles. The Kier molecular flexibility index (Phi) is 4.62. The first-order chi connectivity index (χ1) is 3.41. The van der Waals surface area contributed by atoms with Crippen LogP contribution in [0.5, 0.6) is 0 Å². The maximum Gasteiger partial charge on any atom is 0.0510 e. The number of hydrogen-bond acceptors (Lipinski definition) is 2. The zero-order valence-electron chi connectivity index (χ0n) is 4.52. The number of nitrogens with zero attached hydrogens (tertiary/aromatic N) is 1. The molecule has 40 valence electrons. The van der Waals surface area contributed by atoms with Gasteiger partial charge in [0.2, 0.25) is 0 Å². The van der Waals surface area contributed by atoms with E-state index in [2.05, 4.69) is 17.2 Å². The smallest absolute Gasteiger partial charge is 0.0510 e. The van der Waals surface area contributed by atoms with Crippen LogP contribution in [0.25, 0.3) is 0 Å². The molecule has 1 N–H and O–H groups in total. The van der Waals surface area contributed by atoms with E-state index in [1.807, 2.05) is 19.1 Å². The summed E-state index contributed by atoms with van der Waals surface area (Å²) in [7, 11) is 0. The van der Waals surface area contributed by atoms with Gasteiger partial charge in [-0.05, 0) is 6.92 Å². The van der Waals surface area contributed by atoms with Crippen LogP contribution in [0, 0.1) is 0 Å². The van der Waals surface area contributed by atoms with Gasteiger partial charge in [-0.3, -0.25) is 0 Å². The molecule has 7 heavy (non-hydrogen) atoms. The van der Waals surface area contributed by atoms with Crippen LogP contribution in [0.2, 0.25) is 0 Å². The molecule has 0 amide bonds. The Morgan fingerprint density at radius 3 is 3.00 bits per heavy atom. The largest absolute Gasteiger partial charge is 0.307 e. The van der Waals surface area contributed by atoms with E-state index >= 15 is 0 Å². The van der Waals surface area contributed by atoms with Crippen LogP contribution in [-0.4, -0.2) is 13.3 Å². The molecule has 0 saturated heterocycles. The number of nitrogens with one attached hydrogen (secondary N) is 1. The second-order valence-electron chi connectivity index (χ2n) is 1.09. The molecule has 0 bridgehead atoms. The van der Waals surface area contributed by atoms with Crippen LogP contribution in [0.15, 0.2) is 17.3 Å². The fraction of sp³-hybridized carbons (Fsp3) is 0.400. The van der Waals surface area contributed by atoms with Gasteiger partial charge in [0.15, 0.2) is 0 Å². The Morgan fingerprint density at radius 1 is 1.86 bits per heavy atom. The fourth-order valence-corrected chi connectivity index (χ4v) is 0.235. The minimum absolute atomic E-state index is 0.778. The SMILES string of the molecule is C=NNC/C=C\C. The molecule has 0 aromatic carbocycles. The highest BCUT2D eigenvalue weighted by Crippen LogP contribution is 1.64. The second kappa shape index (κ2) is 5.21. The van der Waals surface area contributed by atoms with Crippen molar-refractivity contribution in [3.05, 3.63) is 12.2 Å². The lowest BCUT2D eigenvalue weighted by atomic mass is 10.5. The van der Waals surface area contributed by atoms with E-state index in [-0.39, 0.29) is 0 Å². The quantitative estimate of drug-likeness (QED) is 0.240. The maximum absolute atomic E-state index is 3.42. The molecular formula is C5H10N2. The molecule has 0 aromatic rings. The summed E-state index contributed by atoms with van der Waals surface area (Å²) < 4.78 is 0. The zero-order chi connectivity index (χ0) is 5.54. The van der Waals surface area contributed by atoms with E-state index in [9.17, 15) is 0 Å². The molecule has 0 fully saturated rings. The molecule has 0 aliphatic carbocycles. The summed E-state index contributed by atoms with van der Waals surface area (Å²) in [6.07, 6.45) is 3.92. The fourth-order valence-electron chi connectivity index (χ4n) is 0.235. The predicted octanol–water partition coefficient (Wildman–Crippen LogP) is 0.768. The second-order valence-corrected chi connectivity index (χ2v) is 1.09. The van der Waals surface area contributed by atoms with Gasteiger partial charge in [0.05, 0.1) is 6.54 Å². The van der Waals surface area contributed by atoms with Gasteiger partial charge in [0.25, 0.3) is 0 Å². The minimum atomic E-state index is 0.778. The average molecular weight is 98.1 g/mol. The summed E-state index contributed by atoms with van der Waals surface area (Å²) in [6, 6.07) is 0. The Morgan fingerprint density at radius 2 is 2.57 bits per heavy atom. The molecule has 0 saturated carbocycles. The van der Waals surface area contributed by atoms with Crippen molar-refractivity contribution >= 4 is 6.72 Å². The molecule has 0 unspecified atom stereocenters. The monoisotopic (exact) mass is 98.1 g/mol. The molecule has 0 rings (SSSR count). The predicted molar refractivity (Wildman–Crippen MR) is 32.4 cm³/mol. The minimum Gasteiger partial charge on any atom is -0.307 e. The normalized spacial score (nSPS) is 9.29. The molecule has 0 spiro atoms. The summed E-state index contributed by atoms with van der Waals surface area (Å²) in [5.41, 5.74) is 2.68. The van der Waals surface area contributed by atoms with Crippen LogP contribution in [-0.2, 0) is 0 Å². The van der Waals surface area contributed by atoms with Crippen LogP contribution in [0.3, 0.4) is 0 Å². The van der Waals surface area contributed by atoms with Gasteiger partial charge < -0.3 is 5.43 Å². The Hall–Kier alpha value is -0.790. The van der Waals surface area contributed by atoms with E-state index in [0.29, 0.717) is 0 Å². The van der Waals surface area contributed by atoms with Crippen molar-refractivity contribution < 1.29 is 0 Å². The van der Waals surface area contributed by atoms with Gasteiger partial charge in [0.1, 0.15) is 0 Å². The molecule has 0 atom stereocenters. The van der Waals surface area contributed by atoms with E-state index in [1.54, 1.807) is 0 Å². The van der Waals surface area contributed by atoms with E-state index < -0.39 is 0 Å². The first-order valence-electron chi connectivity index (χ1n) is 2.21. The van der Waals surface area contributed by atoms with Crippen molar-refractivity contribution in [1.82, 2.24) is 5.43 Å². The van der Waals surface area contributed by atoms with Crippen LogP contribution in [0.1, 0.15) is 6.92 Å². The van der Waals surface area contributed by atoms with Crippen molar-refractivity contribution in [3.8, 4) is 0 Å². The Labute approximate surface area is 43.9 Å². The Bertz CT molecular complexity index is 66.5. The lowest BCUT2D eigenvalue weighted by molar-refractivity contribution is 0.834. The third kappa shape index (κ3) is 5.21. The molecular weight excluding hydrogens is 88.1 g/mol. The average Bonchev–Trinajstić information content (AvgIpc) is 1.69. The van der Waals surface area contributed by atoms with Gasteiger partial charge >= 0.3 is 0 Å². The maximum atomic E-state index is 3.42. The van der Waals surface area contributed by atoms with Gasteiger partial charge in [-0.2, -0.15) is 5.10 Å².